The molecule has 0 aliphatic rings. The first-order valence-corrected chi connectivity index (χ1v) is 6.33. The van der Waals surface area contributed by atoms with E-state index in [9.17, 15) is 9.59 Å². The van der Waals surface area contributed by atoms with Crippen LogP contribution in [0.2, 0.25) is 4.34 Å². The van der Waals surface area contributed by atoms with Gasteiger partial charge in [0.15, 0.2) is 12.4 Å². The van der Waals surface area contributed by atoms with E-state index < -0.39 is 5.91 Å². The largest absolute Gasteiger partial charge is 0.365 e. The van der Waals surface area contributed by atoms with Gasteiger partial charge in [-0.1, -0.05) is 11.6 Å². The maximum absolute atomic E-state index is 11.9. The van der Waals surface area contributed by atoms with Crippen LogP contribution in [-0.2, 0) is 6.54 Å². The summed E-state index contributed by atoms with van der Waals surface area (Å²) in [4.78, 5) is 23.5. The van der Waals surface area contributed by atoms with E-state index in [0.717, 1.165) is 0 Å². The van der Waals surface area contributed by atoms with Gasteiger partial charge in [0, 0.05) is 6.07 Å². The van der Waals surface area contributed by atoms with Crippen molar-refractivity contribution in [3.8, 4) is 0 Å². The van der Waals surface area contributed by atoms with Gasteiger partial charge < -0.3 is 5.73 Å². The van der Waals surface area contributed by atoms with Crippen molar-refractivity contribution >= 4 is 34.6 Å². The highest BCUT2D eigenvalue weighted by molar-refractivity contribution is 7.18. The van der Waals surface area contributed by atoms with Crippen LogP contribution < -0.4 is 10.3 Å². The summed E-state index contributed by atoms with van der Waals surface area (Å²) >= 11 is 7.01. The molecule has 0 aliphatic carbocycles. The van der Waals surface area contributed by atoms with E-state index in [4.69, 9.17) is 17.3 Å². The van der Waals surface area contributed by atoms with Crippen LogP contribution in [0.15, 0.2) is 36.7 Å². The third-order valence-electron chi connectivity index (χ3n) is 2.32. The molecule has 18 heavy (non-hydrogen) atoms. The summed E-state index contributed by atoms with van der Waals surface area (Å²) in [5.41, 5.74) is 5.55. The van der Waals surface area contributed by atoms with E-state index in [2.05, 4.69) is 0 Å². The number of Topliss-reactive ketones (excluding diaryl/α,β-unsaturated/α-hetero) is 1. The molecule has 0 bridgehead atoms. The highest BCUT2D eigenvalue weighted by Crippen LogP contribution is 2.21. The summed E-state index contributed by atoms with van der Waals surface area (Å²) in [5, 5.41) is 0. The van der Waals surface area contributed by atoms with Gasteiger partial charge in [-0.2, -0.15) is 4.57 Å². The molecule has 0 saturated heterocycles. The fraction of sp³-hybridized carbons (Fsp3) is 0.0833. The monoisotopic (exact) mass is 281 g/mol. The Kier molecular flexibility index (Phi) is 3.74. The van der Waals surface area contributed by atoms with Crippen molar-refractivity contribution in [2.24, 2.45) is 5.73 Å². The summed E-state index contributed by atoms with van der Waals surface area (Å²) in [6.07, 6.45) is 3.26. The number of ketones is 1. The molecule has 2 N–H and O–H groups in total. The number of nitrogens with zero attached hydrogens (tertiary/aromatic N) is 1. The number of aromatic nitrogens is 1. The van der Waals surface area contributed by atoms with Crippen LogP contribution in [0.3, 0.4) is 0 Å². The molecule has 0 radical (unpaired) electrons. The predicted molar refractivity (Wildman–Crippen MR) is 68.8 cm³/mol. The van der Waals surface area contributed by atoms with Crippen molar-refractivity contribution in [1.82, 2.24) is 0 Å². The highest BCUT2D eigenvalue weighted by atomic mass is 35.5. The van der Waals surface area contributed by atoms with E-state index in [1.165, 1.54) is 11.3 Å². The van der Waals surface area contributed by atoms with Crippen molar-refractivity contribution < 1.29 is 14.2 Å². The zero-order chi connectivity index (χ0) is 13.1. The molecule has 0 aliphatic heterocycles. The lowest BCUT2D eigenvalue weighted by atomic mass is 10.2. The van der Waals surface area contributed by atoms with E-state index in [-0.39, 0.29) is 12.3 Å². The molecule has 0 spiro atoms. The van der Waals surface area contributed by atoms with Crippen LogP contribution in [0.4, 0.5) is 0 Å². The second-order valence-electron chi connectivity index (χ2n) is 3.66. The van der Waals surface area contributed by atoms with E-state index in [1.54, 1.807) is 41.2 Å². The molecule has 0 unspecified atom stereocenters. The minimum Gasteiger partial charge on any atom is -0.365 e. The Balaban J connectivity index is 2.16. The Bertz CT molecular complexity index is 610. The Hall–Kier alpha value is -1.72. The van der Waals surface area contributed by atoms with Crippen molar-refractivity contribution in [3.05, 3.63) is 51.4 Å². The number of carbonyl (C=O) groups is 2. The molecule has 0 aromatic carbocycles. The maximum Gasteiger partial charge on any atom is 0.254 e. The number of amides is 1. The Labute approximate surface area is 113 Å². The van der Waals surface area contributed by atoms with E-state index in [1.807, 2.05) is 0 Å². The molecule has 4 nitrogen and oxygen atoms in total. The highest BCUT2D eigenvalue weighted by Gasteiger charge is 2.15. The molecule has 2 rings (SSSR count). The lowest BCUT2D eigenvalue weighted by Gasteiger charge is -1.97. The molecule has 92 valence electrons. The molecule has 2 heterocycles. The molecular weight excluding hydrogens is 272 g/mol. The summed E-state index contributed by atoms with van der Waals surface area (Å²) in [7, 11) is 0. The average molecular weight is 282 g/mol. The predicted octanol–water partition coefficient (Wildman–Crippen LogP) is 1.67. The van der Waals surface area contributed by atoms with Crippen molar-refractivity contribution in [1.29, 1.82) is 0 Å². The van der Waals surface area contributed by atoms with Gasteiger partial charge in [0.05, 0.1) is 9.21 Å². The standard InChI is InChI=1S/C12H9ClN2O2S/c13-11-4-3-10(18-11)9(16)7-15-5-1-2-8(6-15)12(14)17/h1-6H,7H2,(H-,14,17)/p+1. The van der Waals surface area contributed by atoms with Crippen LogP contribution >= 0.6 is 22.9 Å². The Morgan fingerprint density at radius 2 is 2.11 bits per heavy atom. The summed E-state index contributed by atoms with van der Waals surface area (Å²) in [6, 6.07) is 6.65. The average Bonchev–Trinajstić information content (AvgIpc) is 2.76. The second-order valence-corrected chi connectivity index (χ2v) is 5.37. The fourth-order valence-corrected chi connectivity index (χ4v) is 2.45. The SMILES string of the molecule is NC(=O)c1ccc[n+](CC(=O)c2ccc(Cl)s2)c1. The number of carbonyl (C=O) groups excluding carboxylic acids is 2. The lowest BCUT2D eigenvalue weighted by Crippen LogP contribution is -2.38. The number of hydrogen-bond donors (Lipinski definition) is 1. The zero-order valence-corrected chi connectivity index (χ0v) is 10.9. The number of hydrogen-bond acceptors (Lipinski definition) is 3. The van der Waals surface area contributed by atoms with Crippen LogP contribution in [0.25, 0.3) is 0 Å². The number of thiophene rings is 1. The Morgan fingerprint density at radius 1 is 1.33 bits per heavy atom. The van der Waals surface area contributed by atoms with Gasteiger partial charge in [-0.05, 0) is 18.2 Å². The van der Waals surface area contributed by atoms with E-state index >= 15 is 0 Å². The van der Waals surface area contributed by atoms with Gasteiger partial charge in [0.2, 0.25) is 12.3 Å². The van der Waals surface area contributed by atoms with Gasteiger partial charge in [0.1, 0.15) is 5.56 Å². The van der Waals surface area contributed by atoms with Gasteiger partial charge in [-0.25, -0.2) is 0 Å². The molecule has 1 amide bonds. The van der Waals surface area contributed by atoms with Gasteiger partial charge in [-0.3, -0.25) is 9.59 Å². The molecular formula is C12H10ClN2O2S+. The van der Waals surface area contributed by atoms with Crippen LogP contribution in [0, 0.1) is 0 Å². The quantitative estimate of drug-likeness (QED) is 0.684. The third-order valence-corrected chi connectivity index (χ3v) is 3.59. The molecule has 0 fully saturated rings. The Morgan fingerprint density at radius 3 is 2.72 bits per heavy atom. The fourth-order valence-electron chi connectivity index (χ4n) is 1.47. The van der Waals surface area contributed by atoms with Crippen molar-refractivity contribution in [2.75, 3.05) is 0 Å². The number of nitrogens with two attached hydrogens (primary N) is 1. The molecule has 2 aromatic heterocycles. The van der Waals surface area contributed by atoms with Crippen LogP contribution in [-0.4, -0.2) is 11.7 Å². The number of pyridine rings is 1. The second kappa shape index (κ2) is 5.29. The van der Waals surface area contributed by atoms with Gasteiger partial charge in [-0.15, -0.1) is 11.3 Å². The summed E-state index contributed by atoms with van der Waals surface area (Å²) in [6.45, 7) is 0.151. The first kappa shape index (κ1) is 12.7. The normalized spacial score (nSPS) is 10.3. The summed E-state index contributed by atoms with van der Waals surface area (Å²) < 4.78 is 2.20. The minimum absolute atomic E-state index is 0.0569. The third kappa shape index (κ3) is 2.94. The number of rotatable bonds is 4. The lowest BCUT2D eigenvalue weighted by molar-refractivity contribution is -0.683. The van der Waals surface area contributed by atoms with Gasteiger partial charge >= 0.3 is 0 Å². The molecule has 2 aromatic rings. The first-order chi connectivity index (χ1) is 8.56. The minimum atomic E-state index is -0.518. The molecule has 6 heteroatoms. The van der Waals surface area contributed by atoms with Crippen LogP contribution in [0.5, 0.6) is 0 Å². The molecule has 0 atom stereocenters. The number of halogens is 1. The molecule has 0 saturated carbocycles. The van der Waals surface area contributed by atoms with E-state index in [0.29, 0.717) is 14.8 Å². The number of primary amides is 1. The smallest absolute Gasteiger partial charge is 0.254 e. The van der Waals surface area contributed by atoms with Crippen LogP contribution in [0.1, 0.15) is 20.0 Å². The van der Waals surface area contributed by atoms with Crippen molar-refractivity contribution in [3.63, 3.8) is 0 Å². The topological polar surface area (TPSA) is 64.0 Å². The van der Waals surface area contributed by atoms with Crippen molar-refractivity contribution in [2.45, 2.75) is 6.54 Å². The summed E-state index contributed by atoms with van der Waals surface area (Å²) in [5.74, 6) is -0.575. The van der Waals surface area contributed by atoms with Gasteiger partial charge in [0.25, 0.3) is 5.91 Å². The maximum atomic E-state index is 11.9. The zero-order valence-electron chi connectivity index (χ0n) is 9.30. The first-order valence-electron chi connectivity index (χ1n) is 5.14.